The first-order chi connectivity index (χ1) is 8.53. The summed E-state index contributed by atoms with van der Waals surface area (Å²) in [7, 11) is 0. The second-order valence-corrected chi connectivity index (χ2v) is 5.17. The van der Waals surface area contributed by atoms with Crippen LogP contribution < -0.4 is 5.73 Å². The molecule has 0 saturated carbocycles. The quantitative estimate of drug-likeness (QED) is 0.754. The van der Waals surface area contributed by atoms with Gasteiger partial charge in [0.15, 0.2) is 5.84 Å². The Balaban J connectivity index is 2.40. The van der Waals surface area contributed by atoms with E-state index >= 15 is 0 Å². The topological polar surface area (TPSA) is 66.1 Å². The maximum Gasteiger partial charge on any atom is 0.293 e. The number of nitrogens with zero attached hydrogens (tertiary/aromatic N) is 4. The highest BCUT2D eigenvalue weighted by molar-refractivity contribution is 6.46. The summed E-state index contributed by atoms with van der Waals surface area (Å²) in [6, 6.07) is 0. The van der Waals surface area contributed by atoms with E-state index in [0.717, 1.165) is 30.8 Å². The maximum atomic E-state index is 5.89. The maximum absolute atomic E-state index is 5.89. The van der Waals surface area contributed by atoms with Gasteiger partial charge < -0.3 is 5.73 Å². The molecule has 0 saturated heterocycles. The summed E-state index contributed by atoms with van der Waals surface area (Å²) in [6.45, 7) is 8.72. The van der Waals surface area contributed by atoms with E-state index < -0.39 is 0 Å². The van der Waals surface area contributed by atoms with Gasteiger partial charge in [0.05, 0.1) is 0 Å². The molecular formula is C13H22N5+. The largest absolute Gasteiger partial charge is 0.380 e. The van der Waals surface area contributed by atoms with Crippen molar-refractivity contribution in [3.05, 3.63) is 0 Å². The van der Waals surface area contributed by atoms with Crippen LogP contribution in [0.4, 0.5) is 0 Å². The molecule has 2 aliphatic heterocycles. The van der Waals surface area contributed by atoms with Crippen molar-refractivity contribution in [1.29, 1.82) is 0 Å². The number of hydrogen-bond donors (Lipinski definition) is 1. The fourth-order valence-corrected chi connectivity index (χ4v) is 2.83. The zero-order valence-corrected chi connectivity index (χ0v) is 11.6. The first-order valence-corrected chi connectivity index (χ1v) is 6.60. The molecule has 98 valence electrons. The summed E-state index contributed by atoms with van der Waals surface area (Å²) < 4.78 is 2.30. The summed E-state index contributed by atoms with van der Waals surface area (Å²) >= 11 is 0. The molecule has 2 heterocycles. The second-order valence-electron chi connectivity index (χ2n) is 5.17. The Morgan fingerprint density at radius 1 is 1.44 bits per heavy atom. The van der Waals surface area contributed by atoms with Crippen LogP contribution in [0, 0.1) is 0 Å². The van der Waals surface area contributed by atoms with Crippen LogP contribution in [0.5, 0.6) is 0 Å². The molecule has 0 aromatic carbocycles. The Hall–Kier alpha value is -1.52. The highest BCUT2D eigenvalue weighted by atomic mass is 15.3. The van der Waals surface area contributed by atoms with Crippen LogP contribution in [0.15, 0.2) is 15.0 Å². The molecule has 0 aromatic rings. The van der Waals surface area contributed by atoms with E-state index in [2.05, 4.69) is 40.3 Å². The molecule has 0 aliphatic carbocycles. The van der Waals surface area contributed by atoms with Gasteiger partial charge in [0.2, 0.25) is 0 Å². The van der Waals surface area contributed by atoms with Gasteiger partial charge >= 0.3 is 0 Å². The van der Waals surface area contributed by atoms with Crippen molar-refractivity contribution in [3.63, 3.8) is 0 Å². The van der Waals surface area contributed by atoms with Crippen molar-refractivity contribution in [2.24, 2.45) is 20.7 Å². The van der Waals surface area contributed by atoms with Crippen molar-refractivity contribution < 1.29 is 4.58 Å². The molecule has 0 radical (unpaired) electrons. The Morgan fingerprint density at radius 2 is 2.17 bits per heavy atom. The fraction of sp³-hybridized carbons (Fsp3) is 0.692. The van der Waals surface area contributed by atoms with Gasteiger partial charge in [-0.3, -0.25) is 0 Å². The van der Waals surface area contributed by atoms with Crippen molar-refractivity contribution in [2.45, 2.75) is 58.7 Å². The molecule has 2 unspecified atom stereocenters. The van der Waals surface area contributed by atoms with E-state index in [1.807, 2.05) is 6.92 Å². The Kier molecular flexibility index (Phi) is 3.32. The van der Waals surface area contributed by atoms with Gasteiger partial charge in [-0.1, -0.05) is 20.3 Å². The lowest BCUT2D eigenvalue weighted by atomic mass is 9.91. The molecule has 0 aromatic heterocycles. The third-order valence-electron chi connectivity index (χ3n) is 3.92. The predicted molar refractivity (Wildman–Crippen MR) is 75.9 cm³/mol. The van der Waals surface area contributed by atoms with Crippen molar-refractivity contribution in [3.8, 4) is 0 Å². The van der Waals surface area contributed by atoms with Crippen LogP contribution in [0.2, 0.25) is 0 Å². The van der Waals surface area contributed by atoms with Gasteiger partial charge in [-0.2, -0.15) is 0 Å². The third-order valence-corrected chi connectivity index (χ3v) is 3.92. The van der Waals surface area contributed by atoms with E-state index in [-0.39, 0.29) is 11.7 Å². The molecule has 0 amide bonds. The molecule has 5 nitrogen and oxygen atoms in total. The Bertz CT molecular complexity index is 472. The van der Waals surface area contributed by atoms with Gasteiger partial charge in [0.25, 0.3) is 17.7 Å². The first-order valence-electron chi connectivity index (χ1n) is 6.60. The van der Waals surface area contributed by atoms with Gasteiger partial charge in [-0.25, -0.2) is 14.6 Å². The van der Waals surface area contributed by atoms with Crippen LogP contribution in [0.25, 0.3) is 0 Å². The zero-order chi connectivity index (χ0) is 13.3. The van der Waals surface area contributed by atoms with Crippen LogP contribution in [0.3, 0.4) is 0 Å². The van der Waals surface area contributed by atoms with E-state index in [0.29, 0.717) is 5.84 Å². The fourth-order valence-electron chi connectivity index (χ4n) is 2.83. The van der Waals surface area contributed by atoms with Crippen LogP contribution in [-0.4, -0.2) is 40.0 Å². The monoisotopic (exact) mass is 248 g/mol. The average Bonchev–Trinajstić information content (AvgIpc) is 2.68. The molecule has 2 rings (SSSR count). The minimum atomic E-state index is -0.0843. The van der Waals surface area contributed by atoms with E-state index in [1.54, 1.807) is 6.34 Å². The summed E-state index contributed by atoms with van der Waals surface area (Å²) in [4.78, 5) is 13.0. The van der Waals surface area contributed by atoms with Gasteiger partial charge in [0.1, 0.15) is 11.9 Å². The lowest BCUT2D eigenvalue weighted by molar-refractivity contribution is -0.621. The van der Waals surface area contributed by atoms with Crippen LogP contribution >= 0.6 is 0 Å². The molecule has 2 N–H and O–H groups in total. The molecule has 0 spiro atoms. The number of amidine groups is 2. The summed E-state index contributed by atoms with van der Waals surface area (Å²) in [5.41, 5.74) is 6.76. The van der Waals surface area contributed by atoms with Gasteiger partial charge in [-0.15, -0.1) is 0 Å². The van der Waals surface area contributed by atoms with Gasteiger partial charge in [0, 0.05) is 6.92 Å². The SMILES string of the molecule is CCCC(C)(CC)[N+]1=C(C)N=C2C(N)=NC=NC21. The number of aliphatic imine (C=N–C) groups is 3. The predicted octanol–water partition coefficient (Wildman–Crippen LogP) is 1.57. The number of nitrogens with two attached hydrogens (primary N) is 1. The number of hydrogen-bond acceptors (Lipinski definition) is 4. The summed E-state index contributed by atoms with van der Waals surface area (Å²) in [6.07, 6.45) is 4.78. The highest BCUT2D eigenvalue weighted by Gasteiger charge is 2.46. The van der Waals surface area contributed by atoms with E-state index in [1.165, 1.54) is 0 Å². The third kappa shape index (κ3) is 1.87. The molecule has 2 aliphatic rings. The van der Waals surface area contributed by atoms with Crippen molar-refractivity contribution in [2.75, 3.05) is 0 Å². The Labute approximate surface area is 108 Å². The lowest BCUT2D eigenvalue weighted by Crippen LogP contribution is -2.49. The van der Waals surface area contributed by atoms with Crippen molar-refractivity contribution in [1.82, 2.24) is 0 Å². The zero-order valence-electron chi connectivity index (χ0n) is 11.6. The smallest absolute Gasteiger partial charge is 0.293 e. The summed E-state index contributed by atoms with van der Waals surface area (Å²) in [5.74, 6) is 1.48. The molecule has 0 fully saturated rings. The number of rotatable bonds is 4. The number of fused-ring (bicyclic) bond motifs is 1. The standard InChI is InChI=1S/C13H22N5/c1-5-7-13(4,6-2)18-9(3)17-10-11(14)15-8-16-12(10)18/h8,12H,5-7H2,1-4H3,(H2,14,15,16)/q+1. The lowest BCUT2D eigenvalue weighted by Gasteiger charge is -2.30. The molecule has 0 bridgehead atoms. The molecule has 18 heavy (non-hydrogen) atoms. The van der Waals surface area contributed by atoms with E-state index in [4.69, 9.17) is 5.73 Å². The molecular weight excluding hydrogens is 226 g/mol. The second kappa shape index (κ2) is 4.63. The first kappa shape index (κ1) is 12.9. The van der Waals surface area contributed by atoms with Crippen LogP contribution in [0.1, 0.15) is 47.0 Å². The highest BCUT2D eigenvalue weighted by Crippen LogP contribution is 2.28. The summed E-state index contributed by atoms with van der Waals surface area (Å²) in [5, 5.41) is 0. The van der Waals surface area contributed by atoms with Gasteiger partial charge in [-0.05, 0) is 24.8 Å². The molecule has 5 heteroatoms. The molecule has 2 atom stereocenters. The minimum Gasteiger partial charge on any atom is -0.380 e. The normalized spacial score (nSPS) is 25.7. The minimum absolute atomic E-state index is 0.0731. The average molecular weight is 248 g/mol. The van der Waals surface area contributed by atoms with E-state index in [9.17, 15) is 0 Å². The van der Waals surface area contributed by atoms with Crippen molar-refractivity contribution >= 4 is 23.7 Å². The Morgan fingerprint density at radius 3 is 2.78 bits per heavy atom. The van der Waals surface area contributed by atoms with Crippen LogP contribution in [-0.2, 0) is 0 Å².